The van der Waals surface area contributed by atoms with E-state index in [0.29, 0.717) is 29.4 Å². The van der Waals surface area contributed by atoms with Crippen molar-refractivity contribution in [3.63, 3.8) is 0 Å². The fourth-order valence-electron chi connectivity index (χ4n) is 3.07. The van der Waals surface area contributed by atoms with Gasteiger partial charge in [0.15, 0.2) is 11.5 Å². The Bertz CT molecular complexity index is 1200. The Hall–Kier alpha value is -3.94. The van der Waals surface area contributed by atoms with E-state index >= 15 is 0 Å². The van der Waals surface area contributed by atoms with Crippen molar-refractivity contribution < 1.29 is 18.4 Å². The molecule has 31 heavy (non-hydrogen) atoms. The number of rotatable bonds is 7. The van der Waals surface area contributed by atoms with Gasteiger partial charge in [-0.15, -0.1) is 0 Å². The van der Waals surface area contributed by atoms with Gasteiger partial charge in [-0.25, -0.2) is 4.39 Å². The summed E-state index contributed by atoms with van der Waals surface area (Å²) in [7, 11) is 0. The van der Waals surface area contributed by atoms with Crippen LogP contribution in [0.15, 0.2) is 65.3 Å². The zero-order chi connectivity index (χ0) is 21.8. The van der Waals surface area contributed by atoms with Crippen molar-refractivity contribution >= 4 is 11.7 Å². The number of aromatic nitrogens is 3. The molecule has 4 aromatic rings. The van der Waals surface area contributed by atoms with E-state index in [1.807, 2.05) is 31.2 Å². The maximum absolute atomic E-state index is 13.0. The van der Waals surface area contributed by atoms with E-state index in [2.05, 4.69) is 15.6 Å². The van der Waals surface area contributed by atoms with Crippen LogP contribution in [-0.2, 0) is 13.2 Å². The molecule has 7 nitrogen and oxygen atoms in total. The lowest BCUT2D eigenvalue weighted by Crippen LogP contribution is -2.16. The molecule has 0 spiro atoms. The van der Waals surface area contributed by atoms with Gasteiger partial charge < -0.3 is 14.6 Å². The first-order valence-electron chi connectivity index (χ1n) is 9.72. The summed E-state index contributed by atoms with van der Waals surface area (Å²) in [6, 6.07) is 15.5. The van der Waals surface area contributed by atoms with Crippen LogP contribution in [0.1, 0.15) is 32.9 Å². The molecule has 0 atom stereocenters. The molecule has 0 unspecified atom stereocenters. The molecule has 0 fully saturated rings. The third-order valence-corrected chi connectivity index (χ3v) is 4.71. The zero-order valence-electron chi connectivity index (χ0n) is 17.1. The highest BCUT2D eigenvalue weighted by molar-refractivity contribution is 6.03. The fraction of sp³-hybridized carbons (Fsp3) is 0.174. The number of aryl methyl sites for hydroxylation is 2. The first kappa shape index (κ1) is 20.3. The Morgan fingerprint density at radius 1 is 1.16 bits per heavy atom. The summed E-state index contributed by atoms with van der Waals surface area (Å²) >= 11 is 0. The molecule has 2 heterocycles. The van der Waals surface area contributed by atoms with Gasteiger partial charge in [0.25, 0.3) is 5.91 Å². The van der Waals surface area contributed by atoms with Gasteiger partial charge in [0, 0.05) is 12.3 Å². The molecule has 0 aliphatic rings. The molecule has 1 N–H and O–H groups in total. The fourth-order valence-corrected chi connectivity index (χ4v) is 3.07. The Balaban J connectivity index is 1.42. The standard InChI is InChI=1S/C23H21FN4O3/c1-15-4-3-5-19(12-15)30-14-20-16(2)31-27-22(20)23(29)25-21-10-11-28(26-21)13-17-6-8-18(24)9-7-17/h3-12H,13-14H2,1-2H3,(H,25,26,29). The summed E-state index contributed by atoms with van der Waals surface area (Å²) in [5.41, 5.74) is 2.70. The molecule has 4 rings (SSSR count). The van der Waals surface area contributed by atoms with Crippen molar-refractivity contribution in [3.05, 3.63) is 94.8 Å². The highest BCUT2D eigenvalue weighted by Gasteiger charge is 2.21. The predicted molar refractivity (Wildman–Crippen MR) is 112 cm³/mol. The van der Waals surface area contributed by atoms with E-state index in [0.717, 1.165) is 11.1 Å². The Morgan fingerprint density at radius 3 is 2.74 bits per heavy atom. The largest absolute Gasteiger partial charge is 0.489 e. The molecule has 2 aromatic heterocycles. The van der Waals surface area contributed by atoms with Crippen molar-refractivity contribution in [2.24, 2.45) is 0 Å². The number of nitrogens with zero attached hydrogens (tertiary/aromatic N) is 3. The second kappa shape index (κ2) is 8.83. The number of benzene rings is 2. The van der Waals surface area contributed by atoms with E-state index in [1.54, 1.807) is 36.0 Å². The van der Waals surface area contributed by atoms with Crippen molar-refractivity contribution in [1.82, 2.24) is 14.9 Å². The molecule has 0 radical (unpaired) electrons. The monoisotopic (exact) mass is 420 g/mol. The van der Waals surface area contributed by atoms with Crippen LogP contribution < -0.4 is 10.1 Å². The van der Waals surface area contributed by atoms with Gasteiger partial charge >= 0.3 is 0 Å². The maximum Gasteiger partial charge on any atom is 0.279 e. The molecule has 0 aliphatic carbocycles. The summed E-state index contributed by atoms with van der Waals surface area (Å²) in [6.45, 7) is 4.32. The second-order valence-electron chi connectivity index (χ2n) is 7.15. The van der Waals surface area contributed by atoms with E-state index in [-0.39, 0.29) is 18.1 Å². The van der Waals surface area contributed by atoms with Gasteiger partial charge in [0.1, 0.15) is 23.9 Å². The van der Waals surface area contributed by atoms with Crippen LogP contribution in [-0.4, -0.2) is 20.8 Å². The van der Waals surface area contributed by atoms with E-state index < -0.39 is 5.91 Å². The Labute approximate surface area is 178 Å². The van der Waals surface area contributed by atoms with E-state index in [1.165, 1.54) is 12.1 Å². The summed E-state index contributed by atoms with van der Waals surface area (Å²) in [6.07, 6.45) is 1.73. The van der Waals surface area contributed by atoms with Crippen molar-refractivity contribution in [2.45, 2.75) is 27.0 Å². The van der Waals surface area contributed by atoms with Crippen molar-refractivity contribution in [2.75, 3.05) is 5.32 Å². The number of amides is 1. The topological polar surface area (TPSA) is 82.2 Å². The van der Waals surface area contributed by atoms with Gasteiger partial charge in [-0.1, -0.05) is 29.4 Å². The first-order valence-corrected chi connectivity index (χ1v) is 9.72. The highest BCUT2D eigenvalue weighted by Crippen LogP contribution is 2.20. The predicted octanol–water partition coefficient (Wildman–Crippen LogP) is 4.51. The number of nitrogens with one attached hydrogen (secondary N) is 1. The van der Waals surface area contributed by atoms with Crippen molar-refractivity contribution in [1.29, 1.82) is 0 Å². The lowest BCUT2D eigenvalue weighted by molar-refractivity contribution is 0.101. The molecule has 158 valence electrons. The third-order valence-electron chi connectivity index (χ3n) is 4.71. The zero-order valence-corrected chi connectivity index (χ0v) is 17.1. The van der Waals surface area contributed by atoms with Crippen LogP contribution in [0.2, 0.25) is 0 Å². The molecular weight excluding hydrogens is 399 g/mol. The number of hydrogen-bond acceptors (Lipinski definition) is 5. The molecule has 0 saturated heterocycles. The van der Waals surface area contributed by atoms with Gasteiger partial charge in [-0.3, -0.25) is 9.48 Å². The van der Waals surface area contributed by atoms with Crippen LogP contribution in [0.25, 0.3) is 0 Å². The SMILES string of the molecule is Cc1cccc(OCc2c(C(=O)Nc3ccn(Cc4ccc(F)cc4)n3)noc2C)c1. The maximum atomic E-state index is 13.0. The number of anilines is 1. The highest BCUT2D eigenvalue weighted by atomic mass is 19.1. The Morgan fingerprint density at radius 2 is 1.97 bits per heavy atom. The molecule has 0 aliphatic heterocycles. The molecule has 1 amide bonds. The van der Waals surface area contributed by atoms with Gasteiger partial charge in [0.2, 0.25) is 0 Å². The van der Waals surface area contributed by atoms with Gasteiger partial charge in [-0.05, 0) is 49.2 Å². The summed E-state index contributed by atoms with van der Waals surface area (Å²) in [5.74, 6) is 0.860. The van der Waals surface area contributed by atoms with E-state index in [4.69, 9.17) is 9.26 Å². The minimum absolute atomic E-state index is 0.151. The summed E-state index contributed by atoms with van der Waals surface area (Å²) in [4.78, 5) is 12.7. The quantitative estimate of drug-likeness (QED) is 0.476. The minimum atomic E-state index is -0.438. The van der Waals surface area contributed by atoms with Crippen LogP contribution in [0, 0.1) is 19.7 Å². The van der Waals surface area contributed by atoms with Crippen LogP contribution in [0.5, 0.6) is 5.75 Å². The number of ether oxygens (including phenoxy) is 1. The van der Waals surface area contributed by atoms with E-state index in [9.17, 15) is 9.18 Å². The summed E-state index contributed by atoms with van der Waals surface area (Å²) < 4.78 is 25.7. The normalized spacial score (nSPS) is 10.8. The average molecular weight is 420 g/mol. The number of hydrogen-bond donors (Lipinski definition) is 1. The molecule has 0 bridgehead atoms. The second-order valence-corrected chi connectivity index (χ2v) is 7.15. The van der Waals surface area contributed by atoms with Gasteiger partial charge in [-0.2, -0.15) is 5.10 Å². The van der Waals surface area contributed by atoms with Gasteiger partial charge in [0.05, 0.1) is 12.1 Å². The lowest BCUT2D eigenvalue weighted by Gasteiger charge is -2.07. The number of halogens is 1. The van der Waals surface area contributed by atoms with Crippen molar-refractivity contribution in [3.8, 4) is 5.75 Å². The third kappa shape index (κ3) is 4.98. The minimum Gasteiger partial charge on any atom is -0.489 e. The summed E-state index contributed by atoms with van der Waals surface area (Å²) in [5, 5.41) is 10.9. The van der Waals surface area contributed by atoms with Crippen LogP contribution >= 0.6 is 0 Å². The van der Waals surface area contributed by atoms with Crippen LogP contribution in [0.3, 0.4) is 0 Å². The smallest absolute Gasteiger partial charge is 0.279 e. The first-order chi connectivity index (χ1) is 15.0. The Kier molecular flexibility index (Phi) is 5.79. The molecule has 2 aromatic carbocycles. The molecular formula is C23H21FN4O3. The lowest BCUT2D eigenvalue weighted by atomic mass is 10.2. The molecule has 0 saturated carbocycles. The average Bonchev–Trinajstić information content (AvgIpc) is 3.34. The number of carbonyl (C=O) groups is 1. The number of carbonyl (C=O) groups excluding carboxylic acids is 1. The van der Waals surface area contributed by atoms with Crippen LogP contribution in [0.4, 0.5) is 10.2 Å². The molecule has 8 heteroatoms.